The number of non-ortho nitro benzene ring substituents is 1. The maximum absolute atomic E-state index is 12.9. The predicted molar refractivity (Wildman–Crippen MR) is 130 cm³/mol. The molecule has 178 valence electrons. The normalized spacial score (nSPS) is 15.0. The molecule has 1 fully saturated rings. The van der Waals surface area contributed by atoms with Crippen LogP contribution in [0.4, 0.5) is 10.5 Å². The fourth-order valence-corrected chi connectivity index (χ4v) is 5.09. The average molecular weight is 511 g/mol. The van der Waals surface area contributed by atoms with Crippen LogP contribution in [-0.2, 0) is 21.5 Å². The van der Waals surface area contributed by atoms with Gasteiger partial charge in [-0.1, -0.05) is 42.5 Å². The maximum atomic E-state index is 12.9. The first-order valence-electron chi connectivity index (χ1n) is 10.2. The van der Waals surface area contributed by atoms with Crippen molar-refractivity contribution in [2.45, 2.75) is 18.4 Å². The number of thioether (sulfide) groups is 1. The fraction of sp³-hybridized carbons (Fsp3) is 0.0833. The maximum Gasteiger partial charge on any atom is 0.339 e. The Morgan fingerprint density at radius 1 is 1.00 bits per heavy atom. The standard InChI is InChI=1S/C24H18N2O7S2/c1-16-6-2-3-8-18(16)15-25-23(27)22(34-24(25)28)14-17-7-4-5-9-21(17)33-35(31,32)20-12-10-19(11-13-20)26(29)30/h2-14H,15H2,1H3/b22-14-. The Hall–Kier alpha value is -3.96. The number of nitrogens with zero attached hydrogens (tertiary/aromatic N) is 2. The summed E-state index contributed by atoms with van der Waals surface area (Å²) in [6, 6.07) is 17.9. The van der Waals surface area contributed by atoms with E-state index in [0.29, 0.717) is 0 Å². The molecule has 9 nitrogen and oxygen atoms in total. The highest BCUT2D eigenvalue weighted by Crippen LogP contribution is 2.35. The topological polar surface area (TPSA) is 124 Å². The average Bonchev–Trinajstić information content (AvgIpc) is 3.09. The zero-order chi connectivity index (χ0) is 25.2. The van der Waals surface area contributed by atoms with Crippen molar-refractivity contribution >= 4 is 44.8 Å². The lowest BCUT2D eigenvalue weighted by Crippen LogP contribution is -2.27. The number of rotatable bonds is 7. The first-order chi connectivity index (χ1) is 16.7. The number of benzene rings is 3. The van der Waals surface area contributed by atoms with Gasteiger partial charge in [0.25, 0.3) is 16.8 Å². The molecule has 11 heteroatoms. The van der Waals surface area contributed by atoms with Crippen LogP contribution in [0, 0.1) is 17.0 Å². The second kappa shape index (κ2) is 9.72. The van der Waals surface area contributed by atoms with Crippen LogP contribution in [0.3, 0.4) is 0 Å². The second-order valence-electron chi connectivity index (χ2n) is 7.52. The van der Waals surface area contributed by atoms with E-state index in [0.717, 1.165) is 52.1 Å². The number of para-hydroxylation sites is 1. The number of carbonyl (C=O) groups excluding carboxylic acids is 2. The van der Waals surface area contributed by atoms with Crippen LogP contribution in [0.5, 0.6) is 5.75 Å². The number of nitro groups is 1. The molecule has 0 bridgehead atoms. The third-order valence-corrected chi connectivity index (χ3v) is 7.36. The summed E-state index contributed by atoms with van der Waals surface area (Å²) in [7, 11) is -4.31. The minimum absolute atomic E-state index is 0.0587. The molecule has 0 N–H and O–H groups in total. The Morgan fingerprint density at radius 3 is 2.34 bits per heavy atom. The lowest BCUT2D eigenvalue weighted by atomic mass is 10.1. The quantitative estimate of drug-likeness (QED) is 0.190. The molecule has 0 spiro atoms. The van der Waals surface area contributed by atoms with Crippen LogP contribution < -0.4 is 4.18 Å². The zero-order valence-electron chi connectivity index (χ0n) is 18.3. The molecule has 3 aromatic carbocycles. The molecule has 35 heavy (non-hydrogen) atoms. The number of amides is 2. The summed E-state index contributed by atoms with van der Waals surface area (Å²) >= 11 is 0.759. The van der Waals surface area contributed by atoms with Gasteiger partial charge in [-0.05, 0) is 54.1 Å². The van der Waals surface area contributed by atoms with Crippen LogP contribution >= 0.6 is 11.8 Å². The summed E-state index contributed by atoms with van der Waals surface area (Å²) in [5, 5.41) is 10.4. The molecule has 1 heterocycles. The van der Waals surface area contributed by atoms with Crippen molar-refractivity contribution in [3.05, 3.63) is 105 Å². The lowest BCUT2D eigenvalue weighted by Gasteiger charge is -2.14. The smallest absolute Gasteiger partial charge is 0.339 e. The van der Waals surface area contributed by atoms with E-state index in [-0.39, 0.29) is 33.3 Å². The van der Waals surface area contributed by atoms with Gasteiger partial charge in [0.2, 0.25) is 0 Å². The molecule has 0 aromatic heterocycles. The van der Waals surface area contributed by atoms with Gasteiger partial charge in [0.05, 0.1) is 16.4 Å². The van der Waals surface area contributed by atoms with Gasteiger partial charge in [0.1, 0.15) is 10.6 Å². The number of nitro benzene ring substituents is 1. The van der Waals surface area contributed by atoms with Crippen LogP contribution in [0.25, 0.3) is 6.08 Å². The Kier molecular flexibility index (Phi) is 6.72. The molecule has 2 amide bonds. The first kappa shape index (κ1) is 24.2. The summed E-state index contributed by atoms with van der Waals surface area (Å²) in [4.78, 5) is 36.6. The summed E-state index contributed by atoms with van der Waals surface area (Å²) in [6.45, 7) is 2.02. The van der Waals surface area contributed by atoms with Gasteiger partial charge in [0.15, 0.2) is 0 Å². The molecule has 0 radical (unpaired) electrons. The number of hydrogen-bond donors (Lipinski definition) is 0. The monoisotopic (exact) mass is 510 g/mol. The van der Waals surface area contributed by atoms with Crippen molar-refractivity contribution in [2.75, 3.05) is 0 Å². The summed E-state index contributed by atoms with van der Waals surface area (Å²) in [5.74, 6) is -0.548. The molecule has 0 unspecified atom stereocenters. The molecule has 4 rings (SSSR count). The minimum atomic E-state index is -4.31. The molecule has 1 aliphatic rings. The van der Waals surface area contributed by atoms with Gasteiger partial charge < -0.3 is 4.18 Å². The molecule has 1 aliphatic heterocycles. The van der Waals surface area contributed by atoms with Gasteiger partial charge >= 0.3 is 10.1 Å². The first-order valence-corrected chi connectivity index (χ1v) is 12.5. The van der Waals surface area contributed by atoms with E-state index < -0.39 is 26.2 Å². The van der Waals surface area contributed by atoms with E-state index in [9.17, 15) is 28.1 Å². The third-order valence-electron chi connectivity index (χ3n) is 5.20. The fourth-order valence-electron chi connectivity index (χ4n) is 3.31. The van der Waals surface area contributed by atoms with Gasteiger partial charge in [0, 0.05) is 17.7 Å². The van der Waals surface area contributed by atoms with Crippen molar-refractivity contribution in [2.24, 2.45) is 0 Å². The molecule has 3 aromatic rings. The molecule has 0 aliphatic carbocycles. The van der Waals surface area contributed by atoms with E-state index >= 15 is 0 Å². The van der Waals surface area contributed by atoms with Crippen molar-refractivity contribution < 1.29 is 27.1 Å². The zero-order valence-corrected chi connectivity index (χ0v) is 19.9. The Bertz CT molecular complexity index is 1470. The predicted octanol–water partition coefficient (Wildman–Crippen LogP) is 4.91. The van der Waals surface area contributed by atoms with Crippen molar-refractivity contribution in [1.29, 1.82) is 0 Å². The Balaban J connectivity index is 1.59. The van der Waals surface area contributed by atoms with E-state index in [2.05, 4.69) is 0 Å². The van der Waals surface area contributed by atoms with Gasteiger partial charge in [-0.2, -0.15) is 8.42 Å². The molecular formula is C24H18N2O7S2. The summed E-state index contributed by atoms with van der Waals surface area (Å²) in [6.07, 6.45) is 1.41. The molecule has 1 saturated heterocycles. The van der Waals surface area contributed by atoms with E-state index in [1.807, 2.05) is 31.2 Å². The van der Waals surface area contributed by atoms with Crippen molar-refractivity contribution in [3.63, 3.8) is 0 Å². The van der Waals surface area contributed by atoms with Crippen LogP contribution in [-0.4, -0.2) is 29.4 Å². The van der Waals surface area contributed by atoms with Gasteiger partial charge in [-0.3, -0.25) is 24.6 Å². The summed E-state index contributed by atoms with van der Waals surface area (Å²) in [5.41, 5.74) is 1.81. The molecule has 0 saturated carbocycles. The number of imide groups is 1. The summed E-state index contributed by atoms with van der Waals surface area (Å²) < 4.78 is 30.7. The van der Waals surface area contributed by atoms with Crippen LogP contribution in [0.15, 0.2) is 82.6 Å². The minimum Gasteiger partial charge on any atom is -0.378 e. The van der Waals surface area contributed by atoms with E-state index in [1.165, 1.54) is 12.1 Å². The third kappa shape index (κ3) is 5.26. The number of hydrogen-bond acceptors (Lipinski definition) is 8. The number of aryl methyl sites for hydroxylation is 1. The highest BCUT2D eigenvalue weighted by Gasteiger charge is 2.35. The SMILES string of the molecule is Cc1ccccc1CN1C(=O)S/C(=C\c2ccccc2OS(=O)(=O)c2ccc([N+](=O)[O-])cc2)C1=O. The lowest BCUT2D eigenvalue weighted by molar-refractivity contribution is -0.384. The molecular weight excluding hydrogens is 492 g/mol. The second-order valence-corrected chi connectivity index (χ2v) is 10.1. The Morgan fingerprint density at radius 2 is 1.66 bits per heavy atom. The van der Waals surface area contributed by atoms with Crippen molar-refractivity contribution in [3.8, 4) is 5.75 Å². The van der Waals surface area contributed by atoms with E-state index in [1.54, 1.807) is 18.2 Å². The van der Waals surface area contributed by atoms with Crippen LogP contribution in [0.2, 0.25) is 0 Å². The number of carbonyl (C=O) groups is 2. The highest BCUT2D eigenvalue weighted by molar-refractivity contribution is 8.18. The van der Waals surface area contributed by atoms with Gasteiger partial charge in [-0.15, -0.1) is 0 Å². The Labute approximate surface area is 205 Å². The van der Waals surface area contributed by atoms with E-state index in [4.69, 9.17) is 4.18 Å². The highest BCUT2D eigenvalue weighted by atomic mass is 32.2. The van der Waals surface area contributed by atoms with Gasteiger partial charge in [-0.25, -0.2) is 0 Å². The van der Waals surface area contributed by atoms with Crippen LogP contribution in [0.1, 0.15) is 16.7 Å². The molecule has 0 atom stereocenters. The van der Waals surface area contributed by atoms with Crippen molar-refractivity contribution in [1.82, 2.24) is 4.90 Å². The largest absolute Gasteiger partial charge is 0.378 e.